The third kappa shape index (κ3) is 3.12. The monoisotopic (exact) mass is 251 g/mol. The van der Waals surface area contributed by atoms with Crippen LogP contribution in [0.3, 0.4) is 0 Å². The smallest absolute Gasteiger partial charge is 0.314 e. The second-order valence-corrected chi connectivity index (χ2v) is 5.50. The minimum absolute atomic E-state index is 0.0444. The molecule has 0 spiro atoms. The summed E-state index contributed by atoms with van der Waals surface area (Å²) < 4.78 is 0. The van der Waals surface area contributed by atoms with Gasteiger partial charge >= 0.3 is 5.69 Å². The zero-order valence-corrected chi connectivity index (χ0v) is 11.4. The van der Waals surface area contributed by atoms with Crippen LogP contribution in [0.25, 0.3) is 0 Å². The highest BCUT2D eigenvalue weighted by atomic mass is 16.6. The summed E-state index contributed by atoms with van der Waals surface area (Å²) >= 11 is 0. The van der Waals surface area contributed by atoms with Crippen LogP contribution in [0, 0.1) is 21.4 Å². The first-order valence-electron chi connectivity index (χ1n) is 6.02. The lowest BCUT2D eigenvalue weighted by Gasteiger charge is -2.29. The van der Waals surface area contributed by atoms with Gasteiger partial charge in [-0.2, -0.15) is 0 Å². The maximum absolute atomic E-state index is 11.0. The number of nitrogens with one attached hydrogen (secondary N) is 1. The maximum atomic E-state index is 11.0. The summed E-state index contributed by atoms with van der Waals surface area (Å²) in [5.41, 5.74) is 6.32. The van der Waals surface area contributed by atoms with Crippen LogP contribution < -0.4 is 11.1 Å². The minimum atomic E-state index is -0.444. The molecule has 0 heterocycles. The van der Waals surface area contributed by atoms with Gasteiger partial charge in [-0.25, -0.2) is 0 Å². The van der Waals surface area contributed by atoms with Crippen LogP contribution in [0.15, 0.2) is 18.2 Å². The Morgan fingerprint density at radius 3 is 2.56 bits per heavy atom. The Balaban J connectivity index is 2.92. The van der Waals surface area contributed by atoms with E-state index < -0.39 is 4.92 Å². The molecule has 1 rings (SSSR count). The summed E-state index contributed by atoms with van der Waals surface area (Å²) in [4.78, 5) is 10.5. The molecular formula is C13H21N3O2. The van der Waals surface area contributed by atoms with E-state index in [1.165, 1.54) is 6.07 Å². The lowest BCUT2D eigenvalue weighted by Crippen LogP contribution is -2.28. The summed E-state index contributed by atoms with van der Waals surface area (Å²) in [6.45, 7) is 9.19. The van der Waals surface area contributed by atoms with E-state index in [0.717, 1.165) is 0 Å². The van der Waals surface area contributed by atoms with E-state index >= 15 is 0 Å². The number of nitro benzene ring substituents is 1. The van der Waals surface area contributed by atoms with Gasteiger partial charge in [0.05, 0.1) is 4.92 Å². The minimum Gasteiger partial charge on any atom is -0.393 e. The molecule has 1 aromatic carbocycles. The molecule has 18 heavy (non-hydrogen) atoms. The van der Waals surface area contributed by atoms with Crippen molar-refractivity contribution in [1.29, 1.82) is 0 Å². The van der Waals surface area contributed by atoms with Crippen LogP contribution in [-0.4, -0.2) is 11.5 Å². The molecule has 0 saturated heterocycles. The second-order valence-electron chi connectivity index (χ2n) is 5.50. The Morgan fingerprint density at radius 2 is 2.06 bits per heavy atom. The average Bonchev–Trinajstić information content (AvgIpc) is 2.25. The molecule has 0 aromatic heterocycles. The van der Waals surface area contributed by atoms with Crippen molar-refractivity contribution in [2.45, 2.75) is 27.7 Å². The number of rotatable bonds is 5. The van der Waals surface area contributed by atoms with Gasteiger partial charge in [-0.05, 0) is 23.5 Å². The van der Waals surface area contributed by atoms with E-state index in [2.05, 4.69) is 33.0 Å². The van der Waals surface area contributed by atoms with Gasteiger partial charge in [0.25, 0.3) is 0 Å². The molecule has 1 aromatic rings. The highest BCUT2D eigenvalue weighted by Gasteiger charge is 2.24. The first-order valence-corrected chi connectivity index (χ1v) is 6.02. The van der Waals surface area contributed by atoms with Gasteiger partial charge in [-0.1, -0.05) is 33.8 Å². The van der Waals surface area contributed by atoms with Gasteiger partial charge in [0, 0.05) is 6.54 Å². The van der Waals surface area contributed by atoms with Crippen molar-refractivity contribution in [3.63, 3.8) is 0 Å². The van der Waals surface area contributed by atoms with E-state index in [1.54, 1.807) is 12.1 Å². The second kappa shape index (κ2) is 5.25. The largest absolute Gasteiger partial charge is 0.393 e. The number of benzene rings is 1. The van der Waals surface area contributed by atoms with Gasteiger partial charge in [-0.3, -0.25) is 10.1 Å². The summed E-state index contributed by atoms with van der Waals surface area (Å²) in [5.74, 6) is 0.477. The Morgan fingerprint density at radius 1 is 1.44 bits per heavy atom. The number of nitro groups is 1. The molecule has 0 amide bonds. The molecule has 5 nitrogen and oxygen atoms in total. The third-order valence-electron chi connectivity index (χ3n) is 3.55. The lowest BCUT2D eigenvalue weighted by atomic mass is 9.81. The van der Waals surface area contributed by atoms with Crippen molar-refractivity contribution in [3.05, 3.63) is 28.3 Å². The predicted octanol–water partition coefficient (Wildman–Crippen LogP) is 3.27. The Bertz CT molecular complexity index is 442. The van der Waals surface area contributed by atoms with Gasteiger partial charge < -0.3 is 11.1 Å². The molecular weight excluding hydrogens is 230 g/mol. The molecule has 0 aliphatic carbocycles. The number of para-hydroxylation sites is 1. The fourth-order valence-electron chi connectivity index (χ4n) is 1.43. The van der Waals surface area contributed by atoms with E-state index in [-0.39, 0.29) is 16.8 Å². The van der Waals surface area contributed by atoms with Crippen LogP contribution in [0.1, 0.15) is 27.7 Å². The van der Waals surface area contributed by atoms with Crippen LogP contribution in [-0.2, 0) is 0 Å². The quantitative estimate of drug-likeness (QED) is 0.478. The molecule has 3 N–H and O–H groups in total. The fourth-order valence-corrected chi connectivity index (χ4v) is 1.43. The summed E-state index contributed by atoms with van der Waals surface area (Å²) in [6.07, 6.45) is 0. The predicted molar refractivity (Wildman–Crippen MR) is 74.6 cm³/mol. The highest BCUT2D eigenvalue weighted by molar-refractivity contribution is 5.74. The van der Waals surface area contributed by atoms with Crippen molar-refractivity contribution < 1.29 is 4.92 Å². The maximum Gasteiger partial charge on any atom is 0.314 e. The van der Waals surface area contributed by atoms with E-state index in [1.807, 2.05) is 0 Å². The molecule has 0 fully saturated rings. The molecule has 0 aliphatic heterocycles. The lowest BCUT2D eigenvalue weighted by molar-refractivity contribution is -0.383. The number of hydrogen-bond donors (Lipinski definition) is 2. The van der Waals surface area contributed by atoms with Gasteiger partial charge in [0.15, 0.2) is 0 Å². The van der Waals surface area contributed by atoms with Crippen molar-refractivity contribution in [2.75, 3.05) is 17.6 Å². The van der Waals surface area contributed by atoms with Gasteiger partial charge in [-0.15, -0.1) is 0 Å². The summed E-state index contributed by atoms with van der Waals surface area (Å²) in [6, 6.07) is 4.94. The zero-order valence-electron chi connectivity index (χ0n) is 11.4. The first kappa shape index (κ1) is 14.3. The Labute approximate surface area is 108 Å². The van der Waals surface area contributed by atoms with Crippen molar-refractivity contribution in [3.8, 4) is 0 Å². The molecule has 0 saturated carbocycles. The zero-order chi connectivity index (χ0) is 13.9. The molecule has 0 aliphatic rings. The molecule has 0 unspecified atom stereocenters. The first-order chi connectivity index (χ1) is 8.25. The molecule has 0 radical (unpaired) electrons. The number of nitrogens with zero attached hydrogens (tertiary/aromatic N) is 1. The van der Waals surface area contributed by atoms with Gasteiger partial charge in [0.1, 0.15) is 11.4 Å². The average molecular weight is 251 g/mol. The van der Waals surface area contributed by atoms with Crippen LogP contribution >= 0.6 is 0 Å². The van der Waals surface area contributed by atoms with Crippen molar-refractivity contribution >= 4 is 17.1 Å². The Kier molecular flexibility index (Phi) is 4.16. The molecule has 5 heteroatoms. The molecule has 0 atom stereocenters. The van der Waals surface area contributed by atoms with Crippen molar-refractivity contribution in [2.24, 2.45) is 11.3 Å². The number of nitrogen functional groups attached to an aromatic ring is 1. The summed E-state index contributed by atoms with van der Waals surface area (Å²) in [5, 5.41) is 14.1. The molecule has 100 valence electrons. The normalized spacial score (nSPS) is 11.6. The van der Waals surface area contributed by atoms with Crippen LogP contribution in [0.2, 0.25) is 0 Å². The Hall–Kier alpha value is -1.78. The highest BCUT2D eigenvalue weighted by Crippen LogP contribution is 2.32. The number of anilines is 2. The van der Waals surface area contributed by atoms with E-state index in [4.69, 9.17) is 5.73 Å². The van der Waals surface area contributed by atoms with Crippen molar-refractivity contribution in [1.82, 2.24) is 0 Å². The third-order valence-corrected chi connectivity index (χ3v) is 3.55. The standard InChI is InChI=1S/C13H21N3O2/c1-9(2)13(3,4)8-15-11-7-5-6-10(14)12(11)16(17)18/h5-7,9,15H,8,14H2,1-4H3. The summed E-state index contributed by atoms with van der Waals surface area (Å²) in [7, 11) is 0. The van der Waals surface area contributed by atoms with Gasteiger partial charge in [0.2, 0.25) is 0 Å². The van der Waals surface area contributed by atoms with E-state index in [9.17, 15) is 10.1 Å². The number of nitrogens with two attached hydrogens (primary N) is 1. The van der Waals surface area contributed by atoms with Crippen LogP contribution in [0.4, 0.5) is 17.1 Å². The van der Waals surface area contributed by atoms with Crippen LogP contribution in [0.5, 0.6) is 0 Å². The SMILES string of the molecule is CC(C)C(C)(C)CNc1cccc(N)c1[N+](=O)[O-]. The van der Waals surface area contributed by atoms with E-state index in [0.29, 0.717) is 18.2 Å². The fraction of sp³-hybridized carbons (Fsp3) is 0.538. The molecule has 0 bridgehead atoms. The number of hydrogen-bond acceptors (Lipinski definition) is 4. The topological polar surface area (TPSA) is 81.2 Å².